The second-order valence-electron chi connectivity index (χ2n) is 7.15. The number of hydrogen-bond donors (Lipinski definition) is 2. The van der Waals surface area contributed by atoms with E-state index in [1.165, 1.54) is 29.8 Å². The monoisotopic (exact) mass is 658 g/mol. The van der Waals surface area contributed by atoms with Gasteiger partial charge in [0.25, 0.3) is 0 Å². The zero-order valence-electron chi connectivity index (χ0n) is 18.8. The standard InChI is InChI=1S/C12H11BrClN3.C8H10BrN.C4H2Cl2N2/c1-8(9-2-4-10(13)5-3-9)17-12-6-11(14)15-7-16-12;1-6(10)7-2-4-8(9)5-3-7;5-3-1-4(6)8-2-7-3/h2-8H,1H3,(H,15,16,17);2-6H,10H2,1H3;1-2H. The molecule has 0 spiro atoms. The summed E-state index contributed by atoms with van der Waals surface area (Å²) in [6, 6.07) is 19.7. The van der Waals surface area contributed by atoms with Crippen molar-refractivity contribution < 1.29 is 0 Å². The Hall–Kier alpha value is -1.81. The van der Waals surface area contributed by atoms with Crippen molar-refractivity contribution in [1.82, 2.24) is 19.9 Å². The van der Waals surface area contributed by atoms with E-state index in [4.69, 9.17) is 40.5 Å². The molecule has 0 saturated carbocycles. The molecule has 0 amide bonds. The molecule has 0 aliphatic heterocycles. The van der Waals surface area contributed by atoms with E-state index in [1.807, 2.05) is 43.3 Å². The number of nitrogens with zero attached hydrogens (tertiary/aromatic N) is 4. The lowest BCUT2D eigenvalue weighted by molar-refractivity contribution is 0.818. The number of hydrogen-bond acceptors (Lipinski definition) is 6. The second kappa shape index (κ2) is 15.3. The number of benzene rings is 2. The van der Waals surface area contributed by atoms with Crippen LogP contribution in [0.5, 0.6) is 0 Å². The first-order chi connectivity index (χ1) is 16.6. The summed E-state index contributed by atoms with van der Waals surface area (Å²) in [7, 11) is 0. The van der Waals surface area contributed by atoms with E-state index in [9.17, 15) is 0 Å². The fourth-order valence-electron chi connectivity index (χ4n) is 2.55. The maximum Gasteiger partial charge on any atom is 0.134 e. The molecule has 0 radical (unpaired) electrons. The van der Waals surface area contributed by atoms with Crippen LogP contribution >= 0.6 is 66.7 Å². The Morgan fingerprint density at radius 3 is 1.51 bits per heavy atom. The van der Waals surface area contributed by atoms with Crippen LogP contribution in [-0.2, 0) is 0 Å². The van der Waals surface area contributed by atoms with Crippen LogP contribution in [0, 0.1) is 0 Å². The van der Waals surface area contributed by atoms with Crippen molar-refractivity contribution in [2.45, 2.75) is 25.9 Å². The van der Waals surface area contributed by atoms with E-state index in [1.54, 1.807) is 6.07 Å². The zero-order valence-corrected chi connectivity index (χ0v) is 24.3. The highest BCUT2D eigenvalue weighted by Gasteiger charge is 2.06. The minimum Gasteiger partial charge on any atom is -0.363 e. The first-order valence-corrected chi connectivity index (χ1v) is 13.0. The molecule has 4 aromatic rings. The first kappa shape index (κ1) is 29.4. The molecule has 2 unspecified atom stereocenters. The molecule has 2 atom stereocenters. The minimum absolute atomic E-state index is 0.132. The maximum atomic E-state index is 5.80. The number of nitrogens with two attached hydrogens (primary N) is 1. The number of aromatic nitrogens is 4. The number of halogens is 5. The summed E-state index contributed by atoms with van der Waals surface area (Å²) < 4.78 is 2.16. The molecule has 6 nitrogen and oxygen atoms in total. The van der Waals surface area contributed by atoms with E-state index in [-0.39, 0.29) is 12.1 Å². The number of nitrogens with one attached hydrogen (secondary N) is 1. The van der Waals surface area contributed by atoms with Gasteiger partial charge < -0.3 is 11.1 Å². The minimum atomic E-state index is 0.132. The van der Waals surface area contributed by atoms with Crippen molar-refractivity contribution in [3.8, 4) is 0 Å². The van der Waals surface area contributed by atoms with Gasteiger partial charge in [0.15, 0.2) is 0 Å². The van der Waals surface area contributed by atoms with Crippen LogP contribution in [0.1, 0.15) is 37.1 Å². The average molecular weight is 662 g/mol. The lowest BCUT2D eigenvalue weighted by atomic mass is 10.1. The molecule has 0 aliphatic rings. The Morgan fingerprint density at radius 1 is 0.686 bits per heavy atom. The van der Waals surface area contributed by atoms with Crippen molar-refractivity contribution in [3.63, 3.8) is 0 Å². The second-order valence-corrected chi connectivity index (χ2v) is 10.1. The highest BCUT2D eigenvalue weighted by molar-refractivity contribution is 9.10. The molecule has 184 valence electrons. The molecule has 35 heavy (non-hydrogen) atoms. The normalized spacial score (nSPS) is 11.8. The molecule has 0 fully saturated rings. The third-order valence-corrected chi connectivity index (χ3v) is 6.04. The van der Waals surface area contributed by atoms with Crippen LogP contribution in [0.25, 0.3) is 0 Å². The lowest BCUT2D eigenvalue weighted by Crippen LogP contribution is -2.07. The number of anilines is 1. The number of rotatable bonds is 4. The molecular formula is C24H23Br2Cl3N6. The van der Waals surface area contributed by atoms with Gasteiger partial charge in [0.1, 0.15) is 33.9 Å². The van der Waals surface area contributed by atoms with Gasteiger partial charge in [0.05, 0.1) is 0 Å². The van der Waals surface area contributed by atoms with Gasteiger partial charge in [0, 0.05) is 33.2 Å². The molecule has 4 rings (SSSR count). The van der Waals surface area contributed by atoms with Crippen molar-refractivity contribution in [2.24, 2.45) is 5.73 Å². The summed E-state index contributed by atoms with van der Waals surface area (Å²) in [6.45, 7) is 4.04. The highest BCUT2D eigenvalue weighted by Crippen LogP contribution is 2.21. The SMILES string of the molecule is CC(N)c1ccc(Br)cc1.CC(Nc1cc(Cl)ncn1)c1ccc(Br)cc1.Clc1cc(Cl)ncn1. The fraction of sp³-hybridized carbons (Fsp3) is 0.167. The van der Waals surface area contributed by atoms with Gasteiger partial charge in [-0.05, 0) is 49.2 Å². The molecule has 2 aromatic heterocycles. The molecule has 0 aliphatic carbocycles. The van der Waals surface area contributed by atoms with Crippen molar-refractivity contribution in [1.29, 1.82) is 0 Å². The fourth-order valence-corrected chi connectivity index (χ4v) is 3.57. The molecule has 2 aromatic carbocycles. The quantitative estimate of drug-likeness (QED) is 0.214. The highest BCUT2D eigenvalue weighted by atomic mass is 79.9. The van der Waals surface area contributed by atoms with Crippen molar-refractivity contribution in [3.05, 3.63) is 109 Å². The summed E-state index contributed by atoms with van der Waals surface area (Å²) in [4.78, 5) is 15.2. The molecule has 2 heterocycles. The largest absolute Gasteiger partial charge is 0.363 e. The average Bonchev–Trinajstić information content (AvgIpc) is 2.80. The van der Waals surface area contributed by atoms with Crippen LogP contribution in [0.3, 0.4) is 0 Å². The maximum absolute atomic E-state index is 5.80. The van der Waals surface area contributed by atoms with Gasteiger partial charge >= 0.3 is 0 Å². The Morgan fingerprint density at radius 2 is 1.11 bits per heavy atom. The van der Waals surface area contributed by atoms with E-state index in [0.29, 0.717) is 15.5 Å². The van der Waals surface area contributed by atoms with E-state index >= 15 is 0 Å². The lowest BCUT2D eigenvalue weighted by Gasteiger charge is -2.14. The smallest absolute Gasteiger partial charge is 0.134 e. The predicted octanol–water partition coefficient (Wildman–Crippen LogP) is 8.32. The molecule has 3 N–H and O–H groups in total. The van der Waals surface area contributed by atoms with Crippen LogP contribution in [0.4, 0.5) is 5.82 Å². The van der Waals surface area contributed by atoms with Gasteiger partial charge in [-0.15, -0.1) is 0 Å². The van der Waals surface area contributed by atoms with Crippen LogP contribution in [0.2, 0.25) is 15.5 Å². The molecule has 0 bridgehead atoms. The van der Waals surface area contributed by atoms with Crippen molar-refractivity contribution in [2.75, 3.05) is 5.32 Å². The van der Waals surface area contributed by atoms with Crippen LogP contribution in [0.15, 0.2) is 82.3 Å². The third-order valence-electron chi connectivity index (χ3n) is 4.36. The van der Waals surface area contributed by atoms with Gasteiger partial charge in [-0.25, -0.2) is 19.9 Å². The predicted molar refractivity (Wildman–Crippen MR) is 152 cm³/mol. The Bertz CT molecular complexity index is 1160. The van der Waals surface area contributed by atoms with Crippen molar-refractivity contribution >= 4 is 72.5 Å². The van der Waals surface area contributed by atoms with Gasteiger partial charge in [-0.2, -0.15) is 0 Å². The first-order valence-electron chi connectivity index (χ1n) is 10.3. The zero-order chi connectivity index (χ0) is 25.8. The summed E-state index contributed by atoms with van der Waals surface area (Å²) in [5.74, 6) is 0.723. The van der Waals surface area contributed by atoms with Gasteiger partial charge in [0.2, 0.25) is 0 Å². The van der Waals surface area contributed by atoms with E-state index < -0.39 is 0 Å². The summed E-state index contributed by atoms with van der Waals surface area (Å²) in [5, 5.41) is 4.43. The van der Waals surface area contributed by atoms with Crippen LogP contribution in [-0.4, -0.2) is 19.9 Å². The van der Waals surface area contributed by atoms with E-state index in [2.05, 4.69) is 76.2 Å². The Kier molecular flexibility index (Phi) is 12.9. The topological polar surface area (TPSA) is 89.6 Å². The van der Waals surface area contributed by atoms with Gasteiger partial charge in [-0.1, -0.05) is 90.9 Å². The van der Waals surface area contributed by atoms with Gasteiger partial charge in [-0.3, -0.25) is 0 Å². The van der Waals surface area contributed by atoms with Crippen LogP contribution < -0.4 is 11.1 Å². The summed E-state index contributed by atoms with van der Waals surface area (Å²) in [6.07, 6.45) is 2.75. The molecular weight excluding hydrogens is 638 g/mol. The Balaban J connectivity index is 0.000000204. The van der Waals surface area contributed by atoms with E-state index in [0.717, 1.165) is 14.8 Å². The third kappa shape index (κ3) is 11.6. The summed E-state index contributed by atoms with van der Waals surface area (Å²) >= 11 is 23.4. The molecule has 0 saturated heterocycles. The Labute approximate surface area is 236 Å². The molecule has 11 heteroatoms. The summed E-state index contributed by atoms with van der Waals surface area (Å²) in [5.41, 5.74) is 8.00.